The van der Waals surface area contributed by atoms with Crippen molar-refractivity contribution in [2.24, 2.45) is 17.3 Å². The maximum absolute atomic E-state index is 12.9. The van der Waals surface area contributed by atoms with Crippen LogP contribution in [0.15, 0.2) is 97.2 Å². The zero-order chi connectivity index (χ0) is 29.6. The van der Waals surface area contributed by atoms with Gasteiger partial charge in [-0.05, 0) is 58.6 Å². The molecule has 6 atom stereocenters. The van der Waals surface area contributed by atoms with Crippen LogP contribution in [0.2, 0.25) is 0 Å². The predicted molar refractivity (Wildman–Crippen MR) is 167 cm³/mol. The van der Waals surface area contributed by atoms with Gasteiger partial charge in [-0.25, -0.2) is 4.98 Å². The molecule has 4 heterocycles. The third-order valence-corrected chi connectivity index (χ3v) is 11.3. The molecule has 2 saturated heterocycles. The molecule has 1 saturated carbocycles. The van der Waals surface area contributed by atoms with Crippen LogP contribution in [0.5, 0.6) is 0 Å². The summed E-state index contributed by atoms with van der Waals surface area (Å²) in [6.45, 7) is 7.15. The molecule has 2 aromatic carbocycles. The van der Waals surface area contributed by atoms with Gasteiger partial charge >= 0.3 is 6.89 Å². The molecule has 2 aliphatic heterocycles. The molecule has 2 bridgehead atoms. The molecule has 1 spiro atoms. The first kappa shape index (κ1) is 27.2. The highest BCUT2D eigenvalue weighted by atomic mass is 16.7. The fourth-order valence-electron chi connectivity index (χ4n) is 9.52. The normalized spacial score (nSPS) is 33.1. The van der Waals surface area contributed by atoms with Gasteiger partial charge in [-0.2, -0.15) is 0 Å². The SMILES string of the molecule is CC(C)[C@@H]1[NH+]2CC[C@]3(O[B-]2(O)OC1(c1ccccc1)c1ccccc1)c1nc(-c2ccccn2)ccc1[C@@H]1C[C@H]3C1(C)C. The fraction of sp³-hybridized carbons (Fsp3) is 0.389. The van der Waals surface area contributed by atoms with Crippen molar-refractivity contribution >= 4 is 6.89 Å². The Bertz CT molecular complexity index is 1630. The fourth-order valence-corrected chi connectivity index (χ4v) is 9.52. The molecule has 5 aliphatic rings. The maximum Gasteiger partial charge on any atom is 0.623 e. The van der Waals surface area contributed by atoms with E-state index in [1.807, 2.05) is 36.5 Å². The number of nitrogens with one attached hydrogen (secondary N) is 1. The Morgan fingerprint density at radius 2 is 1.53 bits per heavy atom. The summed E-state index contributed by atoms with van der Waals surface area (Å²) >= 11 is 0. The number of hydrogen-bond donors (Lipinski definition) is 2. The number of rotatable bonds is 4. The van der Waals surface area contributed by atoms with Crippen LogP contribution >= 0.6 is 0 Å². The summed E-state index contributed by atoms with van der Waals surface area (Å²) in [5.74, 6) is 0.849. The first-order valence-electron chi connectivity index (χ1n) is 15.9. The van der Waals surface area contributed by atoms with Gasteiger partial charge in [0, 0.05) is 25.1 Å². The Hall–Kier alpha value is -3.36. The van der Waals surface area contributed by atoms with Gasteiger partial charge in [0.15, 0.2) is 0 Å². The number of fused-ring (bicyclic) bond motifs is 1. The summed E-state index contributed by atoms with van der Waals surface area (Å²) in [5, 5.41) is 12.9. The molecule has 2 unspecified atom stereocenters. The van der Waals surface area contributed by atoms with Crippen molar-refractivity contribution in [3.63, 3.8) is 0 Å². The predicted octanol–water partition coefficient (Wildman–Crippen LogP) is 5.21. The highest BCUT2D eigenvalue weighted by molar-refractivity contribution is 6.50. The second kappa shape index (κ2) is 9.32. The van der Waals surface area contributed by atoms with Crippen LogP contribution in [0, 0.1) is 17.3 Å². The summed E-state index contributed by atoms with van der Waals surface area (Å²) in [7, 11) is 0. The molecule has 6 nitrogen and oxygen atoms in total. The van der Waals surface area contributed by atoms with Gasteiger partial charge in [-0.15, -0.1) is 0 Å². The number of nitrogens with zero attached hydrogens (tertiary/aromatic N) is 2. The monoisotopic (exact) mass is 573 g/mol. The summed E-state index contributed by atoms with van der Waals surface area (Å²) < 4.78 is 14.5. The van der Waals surface area contributed by atoms with Crippen LogP contribution < -0.4 is 4.81 Å². The van der Waals surface area contributed by atoms with Crippen molar-refractivity contribution < 1.29 is 19.1 Å². The molecule has 0 radical (unpaired) electrons. The lowest BCUT2D eigenvalue weighted by molar-refractivity contribution is -0.853. The van der Waals surface area contributed by atoms with Gasteiger partial charge in [0.05, 0.1) is 28.7 Å². The third kappa shape index (κ3) is 3.63. The number of pyridine rings is 2. The van der Waals surface area contributed by atoms with Crippen molar-refractivity contribution in [1.82, 2.24) is 9.97 Å². The van der Waals surface area contributed by atoms with E-state index < -0.39 is 18.1 Å². The highest BCUT2D eigenvalue weighted by Crippen LogP contribution is 2.70. The molecule has 9 rings (SSSR count). The van der Waals surface area contributed by atoms with E-state index in [1.54, 1.807) is 0 Å². The van der Waals surface area contributed by atoms with E-state index in [4.69, 9.17) is 14.3 Å². The Morgan fingerprint density at radius 1 is 0.860 bits per heavy atom. The first-order valence-corrected chi connectivity index (χ1v) is 15.9. The standard InChI is InChI=1S/C36H40BN3O3/c1-24(2)33-36(25-13-7-5-8-14-25,26-15-9-6-10-16-26)43-37(41)40(33)22-20-35(42-37)31-23-28(34(31,3)4)27-18-19-30(39-32(27)35)29-17-11-12-21-38-29/h5-19,21,24,28,31,33,40-41H,20,22-23H2,1-4H3/t28-,31-,33-,35+,37?/m0/s1. The van der Waals surface area contributed by atoms with E-state index in [0.717, 1.165) is 52.4 Å². The molecule has 2 aromatic heterocycles. The molecule has 3 aliphatic carbocycles. The van der Waals surface area contributed by atoms with E-state index in [2.05, 4.69) is 93.3 Å². The molecule has 2 N–H and O–H groups in total. The van der Waals surface area contributed by atoms with Crippen molar-refractivity contribution in [3.05, 3.63) is 120 Å². The third-order valence-electron chi connectivity index (χ3n) is 11.3. The Kier molecular flexibility index (Phi) is 5.90. The summed E-state index contributed by atoms with van der Waals surface area (Å²) in [4.78, 5) is 10.9. The van der Waals surface area contributed by atoms with Crippen molar-refractivity contribution in [3.8, 4) is 11.4 Å². The minimum Gasteiger partial charge on any atom is -0.500 e. The lowest BCUT2D eigenvalue weighted by Crippen LogP contribution is -3.27. The molecule has 4 aromatic rings. The van der Waals surface area contributed by atoms with Gasteiger partial charge in [0.25, 0.3) is 0 Å². The Morgan fingerprint density at radius 3 is 2.14 bits per heavy atom. The minimum absolute atomic E-state index is 0.0249. The zero-order valence-electron chi connectivity index (χ0n) is 25.4. The number of hydrogen-bond acceptors (Lipinski definition) is 5. The van der Waals surface area contributed by atoms with Crippen LogP contribution in [-0.4, -0.2) is 34.5 Å². The van der Waals surface area contributed by atoms with Crippen LogP contribution in [0.4, 0.5) is 0 Å². The first-order chi connectivity index (χ1) is 20.7. The van der Waals surface area contributed by atoms with Crippen LogP contribution in [0.3, 0.4) is 0 Å². The van der Waals surface area contributed by atoms with Crippen molar-refractivity contribution in [1.29, 1.82) is 0 Å². The van der Waals surface area contributed by atoms with Crippen LogP contribution in [-0.2, 0) is 20.5 Å². The summed E-state index contributed by atoms with van der Waals surface area (Å²) in [5.41, 5.74) is 4.37. The van der Waals surface area contributed by atoms with Crippen molar-refractivity contribution in [2.45, 2.75) is 63.7 Å². The minimum atomic E-state index is -2.77. The molecule has 0 amide bonds. The van der Waals surface area contributed by atoms with Gasteiger partial charge in [0.2, 0.25) is 0 Å². The Labute approximate surface area is 254 Å². The topological polar surface area (TPSA) is 68.9 Å². The number of aromatic nitrogens is 2. The average Bonchev–Trinajstić information content (AvgIpc) is 3.31. The van der Waals surface area contributed by atoms with E-state index in [1.165, 1.54) is 5.56 Å². The second-order valence-corrected chi connectivity index (χ2v) is 14.1. The van der Waals surface area contributed by atoms with Gasteiger partial charge in [-0.3, -0.25) is 4.98 Å². The van der Waals surface area contributed by atoms with E-state index >= 15 is 0 Å². The lowest BCUT2D eigenvalue weighted by Gasteiger charge is -2.68. The summed E-state index contributed by atoms with van der Waals surface area (Å²) in [6.07, 6.45) is 3.61. The van der Waals surface area contributed by atoms with Gasteiger partial charge in [0.1, 0.15) is 5.60 Å². The van der Waals surface area contributed by atoms with Crippen LogP contribution in [0.25, 0.3) is 11.4 Å². The van der Waals surface area contributed by atoms with E-state index in [0.29, 0.717) is 5.92 Å². The number of benzene rings is 2. The van der Waals surface area contributed by atoms with E-state index in [-0.39, 0.29) is 23.3 Å². The highest BCUT2D eigenvalue weighted by Gasteiger charge is 2.73. The smallest absolute Gasteiger partial charge is 0.500 e. The van der Waals surface area contributed by atoms with Crippen LogP contribution in [0.1, 0.15) is 68.8 Å². The maximum atomic E-state index is 12.9. The van der Waals surface area contributed by atoms with Crippen molar-refractivity contribution in [2.75, 3.05) is 6.54 Å². The Balaban J connectivity index is 1.30. The molecular weight excluding hydrogens is 533 g/mol. The zero-order valence-corrected chi connectivity index (χ0v) is 25.4. The molecular formula is C36H40BN3O3. The molecule has 43 heavy (non-hydrogen) atoms. The summed E-state index contributed by atoms with van der Waals surface area (Å²) in [6, 6.07) is 31.0. The largest absolute Gasteiger partial charge is 0.623 e. The van der Waals surface area contributed by atoms with Gasteiger partial charge < -0.3 is 19.1 Å². The molecule has 220 valence electrons. The lowest BCUT2D eigenvalue weighted by atomic mass is 9.42. The number of quaternary nitrogens is 1. The molecule has 3 fully saturated rings. The van der Waals surface area contributed by atoms with E-state index in [9.17, 15) is 5.02 Å². The quantitative estimate of drug-likeness (QED) is 0.328. The second-order valence-electron chi connectivity index (χ2n) is 14.1. The average molecular weight is 574 g/mol. The molecule has 7 heteroatoms. The van der Waals surface area contributed by atoms with Gasteiger partial charge in [-0.1, -0.05) is 100 Å².